The molecule has 0 bridgehead atoms. The summed E-state index contributed by atoms with van der Waals surface area (Å²) in [7, 11) is 0. The second-order valence-electron chi connectivity index (χ2n) is 5.47. The molecule has 0 aromatic rings. The van der Waals surface area contributed by atoms with E-state index in [9.17, 15) is 19.2 Å². The van der Waals surface area contributed by atoms with Gasteiger partial charge in [0.1, 0.15) is 18.1 Å². The van der Waals surface area contributed by atoms with Gasteiger partial charge in [0.25, 0.3) is 0 Å². The Kier molecular flexibility index (Phi) is 11.6. The Balaban J connectivity index is 4.54. The van der Waals surface area contributed by atoms with E-state index < -0.39 is 41.9 Å². The molecule has 10 nitrogen and oxygen atoms in total. The molecule has 144 valence electrons. The van der Waals surface area contributed by atoms with E-state index in [-0.39, 0.29) is 25.0 Å². The molecule has 0 aliphatic carbocycles. The van der Waals surface area contributed by atoms with E-state index in [4.69, 9.17) is 21.7 Å². The van der Waals surface area contributed by atoms with Gasteiger partial charge in [-0.15, -0.1) is 0 Å². The van der Waals surface area contributed by atoms with Gasteiger partial charge in [-0.25, -0.2) is 4.79 Å². The average Bonchev–Trinajstić information content (AvgIpc) is 2.56. The molecule has 0 fully saturated rings. The van der Waals surface area contributed by atoms with Crippen LogP contribution in [0.15, 0.2) is 0 Å². The number of unbranched alkanes of at least 4 members (excludes halogenated alkanes) is 1. The van der Waals surface area contributed by atoms with Crippen LogP contribution in [0.2, 0.25) is 0 Å². The molecule has 11 heteroatoms. The number of aliphatic carboxylic acids is 2. The van der Waals surface area contributed by atoms with Crippen LogP contribution in [0.3, 0.4) is 0 Å². The van der Waals surface area contributed by atoms with Crippen molar-refractivity contribution in [1.82, 2.24) is 10.6 Å². The molecule has 0 saturated heterocycles. The van der Waals surface area contributed by atoms with E-state index in [0.717, 1.165) is 0 Å². The van der Waals surface area contributed by atoms with E-state index >= 15 is 0 Å². The molecule has 0 heterocycles. The van der Waals surface area contributed by atoms with E-state index in [1.54, 1.807) is 0 Å². The Morgan fingerprint density at radius 1 is 0.960 bits per heavy atom. The molecule has 3 atom stereocenters. The highest BCUT2D eigenvalue weighted by atomic mass is 32.1. The fourth-order valence-corrected chi connectivity index (χ4v) is 2.15. The summed E-state index contributed by atoms with van der Waals surface area (Å²) in [6.45, 7) is 0.425. The zero-order chi connectivity index (χ0) is 19.4. The Morgan fingerprint density at radius 3 is 2.08 bits per heavy atom. The van der Waals surface area contributed by atoms with E-state index in [2.05, 4.69) is 23.3 Å². The van der Waals surface area contributed by atoms with Crippen LogP contribution in [-0.4, -0.2) is 64.4 Å². The SMILES string of the molecule is NCCCC[C@H](NC(=O)[C@H](CS)N[13C](=O)[13CH2][13CH2][13C@H]([15NH2])[13C](=O)O)C(=O)O. The molecule has 8 N–H and O–H groups in total. The lowest BCUT2D eigenvalue weighted by molar-refractivity contribution is -0.142. The predicted molar refractivity (Wildman–Crippen MR) is 93.1 cm³/mol. The first-order chi connectivity index (χ1) is 11.7. The first kappa shape index (κ1) is 23.1. The Labute approximate surface area is 151 Å². The summed E-state index contributed by atoms with van der Waals surface area (Å²) in [5.74, 6) is -3.69. The molecule has 0 rings (SSSR count). The summed E-state index contributed by atoms with van der Waals surface area (Å²) in [5, 5.41) is 22.5. The lowest BCUT2D eigenvalue weighted by Crippen LogP contribution is -2.52. The number of carboxylic acids is 2. The predicted octanol–water partition coefficient (Wildman–Crippen LogP) is -1.71. The van der Waals surface area contributed by atoms with Gasteiger partial charge in [0.2, 0.25) is 11.8 Å². The molecule has 0 aromatic heterocycles. The van der Waals surface area contributed by atoms with E-state index in [0.29, 0.717) is 19.4 Å². The number of rotatable bonds is 13. The van der Waals surface area contributed by atoms with Crippen molar-refractivity contribution >= 4 is 36.4 Å². The summed E-state index contributed by atoms with van der Waals surface area (Å²) < 4.78 is 0. The van der Waals surface area contributed by atoms with Crippen molar-refractivity contribution in [3.8, 4) is 0 Å². The fourth-order valence-electron chi connectivity index (χ4n) is 1.89. The molecule has 0 unspecified atom stereocenters. The van der Waals surface area contributed by atoms with Crippen molar-refractivity contribution in [2.24, 2.45) is 11.5 Å². The third-order valence-electron chi connectivity index (χ3n) is 3.40. The van der Waals surface area contributed by atoms with Gasteiger partial charge in [0.15, 0.2) is 0 Å². The second-order valence-corrected chi connectivity index (χ2v) is 5.84. The van der Waals surface area contributed by atoms with Crippen molar-refractivity contribution in [3.63, 3.8) is 0 Å². The normalized spacial score (nSPS) is 14.2. The number of amides is 2. The summed E-state index contributed by atoms with van der Waals surface area (Å²) >= 11 is 3.97. The van der Waals surface area contributed by atoms with E-state index in [1.807, 2.05) is 0 Å². The maximum atomic E-state index is 12.1. The number of carbonyl (C=O) groups excluding carboxylic acids is 2. The summed E-state index contributed by atoms with van der Waals surface area (Å²) in [6.07, 6.45) is 1.14. The topological polar surface area (TPSA) is 185 Å². The molecule has 2 amide bonds. The Morgan fingerprint density at radius 2 is 1.60 bits per heavy atom. The van der Waals surface area contributed by atoms with Crippen LogP contribution in [0, 0.1) is 0 Å². The van der Waals surface area contributed by atoms with Crippen molar-refractivity contribution in [2.45, 2.75) is 50.2 Å². The van der Waals surface area contributed by atoms with Crippen molar-refractivity contribution in [1.29, 1.82) is 0 Å². The molecule has 0 aliphatic heterocycles. The van der Waals surface area contributed by atoms with Crippen LogP contribution < -0.4 is 22.1 Å². The van der Waals surface area contributed by atoms with Gasteiger partial charge in [0.05, 0.1) is 0 Å². The summed E-state index contributed by atoms with van der Waals surface area (Å²) in [5.41, 5.74) is 10.6. The van der Waals surface area contributed by atoms with Crippen LogP contribution in [-0.2, 0) is 19.2 Å². The molecule has 0 saturated carbocycles. The second kappa shape index (κ2) is 12.5. The maximum Gasteiger partial charge on any atom is 0.326 e. The highest BCUT2D eigenvalue weighted by Gasteiger charge is 2.25. The van der Waals surface area contributed by atoms with E-state index in [1.165, 1.54) is 0 Å². The minimum atomic E-state index is -1.22. The smallest absolute Gasteiger partial charge is 0.326 e. The van der Waals surface area contributed by atoms with Gasteiger partial charge in [-0.3, -0.25) is 14.4 Å². The first-order valence-corrected chi connectivity index (χ1v) is 8.48. The number of nitrogens with one attached hydrogen (secondary N) is 2. The van der Waals surface area contributed by atoms with Gasteiger partial charge in [-0.2, -0.15) is 12.6 Å². The third-order valence-corrected chi connectivity index (χ3v) is 3.76. The minimum Gasteiger partial charge on any atom is -0.480 e. The molecular formula is C14H26N4O6S. The van der Waals surface area contributed by atoms with Crippen LogP contribution in [0.4, 0.5) is 0 Å². The van der Waals surface area contributed by atoms with Gasteiger partial charge >= 0.3 is 11.9 Å². The van der Waals surface area contributed by atoms with Gasteiger partial charge in [-0.05, 0) is 32.2 Å². The monoisotopic (exact) mass is 384 g/mol. The molecule has 0 spiro atoms. The highest BCUT2D eigenvalue weighted by molar-refractivity contribution is 7.80. The molecule has 0 radical (unpaired) electrons. The van der Waals surface area contributed by atoms with Gasteiger partial charge < -0.3 is 32.3 Å². The lowest BCUT2D eigenvalue weighted by atomic mass is 10.1. The minimum absolute atomic E-state index is 0.0440. The van der Waals surface area contributed by atoms with Crippen LogP contribution >= 0.6 is 12.6 Å². The number of carboxylic acid groups (broad SMARTS) is 2. The van der Waals surface area contributed by atoms with Gasteiger partial charge in [-0.1, -0.05) is 0 Å². The molecule has 0 aromatic carbocycles. The zero-order valence-electron chi connectivity index (χ0n) is 13.8. The number of thiol groups is 1. The number of carbonyl (C=O) groups is 4. The fraction of sp³-hybridized carbons (Fsp3) is 0.714. The van der Waals surface area contributed by atoms with Crippen LogP contribution in [0.5, 0.6) is 0 Å². The summed E-state index contributed by atoms with van der Waals surface area (Å²) in [6, 6.07) is -3.29. The highest BCUT2D eigenvalue weighted by Crippen LogP contribution is 2.03. The first-order valence-electron chi connectivity index (χ1n) is 7.84. The Bertz CT molecular complexity index is 476. The quantitative estimate of drug-likeness (QED) is 0.0846. The van der Waals surface area contributed by atoms with Gasteiger partial charge in [0, 0.05) is 12.2 Å². The summed E-state index contributed by atoms with van der Waals surface area (Å²) in [4.78, 5) is 45.7. The molecular weight excluding hydrogens is 358 g/mol. The average molecular weight is 384 g/mol. The van der Waals surface area contributed by atoms with Crippen LogP contribution in [0.25, 0.3) is 0 Å². The largest absolute Gasteiger partial charge is 0.480 e. The number of nitrogens with two attached hydrogens (primary N) is 2. The van der Waals surface area contributed by atoms with Crippen molar-refractivity contribution < 1.29 is 29.4 Å². The molecule has 0 aliphatic rings. The molecule has 25 heavy (non-hydrogen) atoms. The van der Waals surface area contributed by atoms with Crippen molar-refractivity contribution in [2.75, 3.05) is 12.3 Å². The van der Waals surface area contributed by atoms with Crippen LogP contribution in [0.1, 0.15) is 32.1 Å². The Hall–Kier alpha value is -1.85. The standard InChI is InChI=1S/C14H26N4O6S/c15-6-2-1-3-9(14(23)24)18-12(20)10(7-25)17-11(19)5-4-8(16)13(21)22/h8-10,25H,1-7,15-16H2,(H,17,19)(H,18,20)(H,21,22)(H,23,24)/t8-,9-,10-/m0/s1/i4+1,5+1,8+1,11+1,13+1,16+1. The number of hydrogen-bond donors (Lipinski definition) is 7. The third kappa shape index (κ3) is 9.89. The zero-order valence-corrected chi connectivity index (χ0v) is 14.7. The lowest BCUT2D eigenvalue weighted by Gasteiger charge is -2.20. The number of hydrogen-bond acceptors (Lipinski definition) is 7. The van der Waals surface area contributed by atoms with Crippen molar-refractivity contribution in [3.05, 3.63) is 0 Å². The maximum absolute atomic E-state index is 12.1.